The smallest absolute Gasteiger partial charge is 0.245 e. The Kier molecular flexibility index (Phi) is 5.01. The van der Waals surface area contributed by atoms with Crippen molar-refractivity contribution < 1.29 is 14.7 Å². The van der Waals surface area contributed by atoms with E-state index < -0.39 is 11.6 Å². The number of amides is 2. The first-order valence-corrected chi connectivity index (χ1v) is 7.53. The summed E-state index contributed by atoms with van der Waals surface area (Å²) >= 11 is 0. The lowest BCUT2D eigenvalue weighted by molar-refractivity contribution is -0.131. The molecule has 0 heterocycles. The molecule has 0 saturated carbocycles. The lowest BCUT2D eigenvalue weighted by Crippen LogP contribution is -2.54. The number of hydrogen-bond acceptors (Lipinski definition) is 3. The van der Waals surface area contributed by atoms with Gasteiger partial charge in [0.05, 0.1) is 6.10 Å². The second kappa shape index (κ2) is 6.79. The van der Waals surface area contributed by atoms with Gasteiger partial charge in [-0.3, -0.25) is 9.59 Å². The van der Waals surface area contributed by atoms with Crippen LogP contribution in [0.5, 0.6) is 0 Å². The van der Waals surface area contributed by atoms with Crippen LogP contribution >= 0.6 is 0 Å². The zero-order chi connectivity index (χ0) is 17.0. The number of aliphatic hydroxyl groups is 1. The van der Waals surface area contributed by atoms with Crippen LogP contribution in [-0.2, 0) is 9.59 Å². The van der Waals surface area contributed by atoms with Gasteiger partial charge < -0.3 is 15.7 Å². The Morgan fingerprint density at radius 3 is 2.43 bits per heavy atom. The molecule has 0 aliphatic heterocycles. The Hall–Kier alpha value is -2.40. The molecule has 3 N–H and O–H groups in total. The molecule has 0 fully saturated rings. The van der Waals surface area contributed by atoms with E-state index in [0.29, 0.717) is 0 Å². The molecule has 0 radical (unpaired) electrons. The molecule has 2 rings (SSSR count). The molecule has 2 aromatic carbocycles. The van der Waals surface area contributed by atoms with E-state index in [-0.39, 0.29) is 18.4 Å². The van der Waals surface area contributed by atoms with Crippen LogP contribution in [0.1, 0.15) is 32.4 Å². The van der Waals surface area contributed by atoms with Crippen molar-refractivity contribution in [3.05, 3.63) is 48.0 Å². The van der Waals surface area contributed by atoms with Gasteiger partial charge in [-0.25, -0.2) is 0 Å². The topological polar surface area (TPSA) is 78.4 Å². The number of carbonyl (C=O) groups excluding carboxylic acids is 2. The Balaban J connectivity index is 2.02. The largest absolute Gasteiger partial charge is 0.387 e. The van der Waals surface area contributed by atoms with Gasteiger partial charge in [-0.15, -0.1) is 0 Å². The van der Waals surface area contributed by atoms with Crippen LogP contribution in [0.25, 0.3) is 10.8 Å². The fourth-order valence-electron chi connectivity index (χ4n) is 2.44. The van der Waals surface area contributed by atoms with Crippen LogP contribution in [0, 0.1) is 0 Å². The van der Waals surface area contributed by atoms with Crippen LogP contribution in [0.15, 0.2) is 42.5 Å². The Bertz CT molecular complexity index is 725. The van der Waals surface area contributed by atoms with Crippen LogP contribution in [-0.4, -0.2) is 29.0 Å². The highest BCUT2D eigenvalue weighted by Crippen LogP contribution is 2.20. The molecule has 0 aliphatic rings. The molecule has 0 saturated heterocycles. The maximum atomic E-state index is 12.1. The number of aliphatic hydroxyl groups excluding tert-OH is 1. The van der Waals surface area contributed by atoms with E-state index in [0.717, 1.165) is 16.3 Å². The first-order chi connectivity index (χ1) is 10.8. The second-order valence-corrected chi connectivity index (χ2v) is 6.14. The summed E-state index contributed by atoms with van der Waals surface area (Å²) in [6.45, 7) is 4.68. The van der Waals surface area contributed by atoms with Crippen molar-refractivity contribution in [1.82, 2.24) is 10.6 Å². The molecule has 0 aliphatic carbocycles. The van der Waals surface area contributed by atoms with E-state index in [1.54, 1.807) is 13.8 Å². The van der Waals surface area contributed by atoms with Crippen molar-refractivity contribution in [3.8, 4) is 0 Å². The number of hydrogen-bond donors (Lipinski definition) is 3. The van der Waals surface area contributed by atoms with Gasteiger partial charge in [-0.05, 0) is 36.2 Å². The van der Waals surface area contributed by atoms with E-state index in [1.165, 1.54) is 6.92 Å². The number of nitrogens with one attached hydrogen (secondary N) is 2. The summed E-state index contributed by atoms with van der Waals surface area (Å²) in [6.07, 6.45) is -0.809. The molecule has 2 aromatic rings. The third kappa shape index (κ3) is 4.29. The second-order valence-electron chi connectivity index (χ2n) is 6.14. The summed E-state index contributed by atoms with van der Waals surface area (Å²) in [7, 11) is 0. The van der Waals surface area contributed by atoms with E-state index in [1.807, 2.05) is 42.5 Å². The number of fused-ring (bicyclic) bond motifs is 1. The van der Waals surface area contributed by atoms with Crippen LogP contribution in [0.3, 0.4) is 0 Å². The standard InChI is InChI=1S/C18H22N2O3/c1-12(21)20-18(2,3)17(23)19-11-16(22)15-9-8-13-6-4-5-7-14(13)10-15/h4-10,16,22H,11H2,1-3H3,(H,19,23)(H,20,21). The first kappa shape index (κ1) is 17.0. The van der Waals surface area contributed by atoms with Gasteiger partial charge in [0.1, 0.15) is 5.54 Å². The van der Waals surface area contributed by atoms with Crippen LogP contribution in [0.4, 0.5) is 0 Å². The van der Waals surface area contributed by atoms with Crippen molar-refractivity contribution >= 4 is 22.6 Å². The molecule has 1 atom stereocenters. The van der Waals surface area contributed by atoms with Gasteiger partial charge in [-0.1, -0.05) is 36.4 Å². The summed E-state index contributed by atoms with van der Waals surface area (Å²) < 4.78 is 0. The van der Waals surface area contributed by atoms with Gasteiger partial charge in [-0.2, -0.15) is 0 Å². The maximum Gasteiger partial charge on any atom is 0.245 e. The van der Waals surface area contributed by atoms with E-state index >= 15 is 0 Å². The maximum absolute atomic E-state index is 12.1. The summed E-state index contributed by atoms with van der Waals surface area (Å²) in [4.78, 5) is 23.2. The van der Waals surface area contributed by atoms with Crippen molar-refractivity contribution in [3.63, 3.8) is 0 Å². The summed E-state index contributed by atoms with van der Waals surface area (Å²) in [5.74, 6) is -0.618. The molecule has 5 nitrogen and oxygen atoms in total. The highest BCUT2D eigenvalue weighted by atomic mass is 16.3. The third-order valence-corrected chi connectivity index (χ3v) is 3.67. The predicted octanol–water partition coefficient (Wildman–Crippen LogP) is 1.90. The zero-order valence-electron chi connectivity index (χ0n) is 13.6. The number of rotatable bonds is 5. The van der Waals surface area contributed by atoms with Crippen molar-refractivity contribution in [1.29, 1.82) is 0 Å². The average Bonchev–Trinajstić information content (AvgIpc) is 2.50. The molecule has 5 heteroatoms. The molecule has 1 unspecified atom stereocenters. The molecule has 23 heavy (non-hydrogen) atoms. The SMILES string of the molecule is CC(=O)NC(C)(C)C(=O)NCC(O)c1ccc2ccccc2c1. The molecule has 0 aromatic heterocycles. The Morgan fingerprint density at radius 1 is 1.13 bits per heavy atom. The molecule has 0 bridgehead atoms. The predicted molar refractivity (Wildman–Crippen MR) is 89.8 cm³/mol. The number of benzene rings is 2. The van der Waals surface area contributed by atoms with Gasteiger partial charge in [0, 0.05) is 13.5 Å². The molecular weight excluding hydrogens is 292 g/mol. The average molecular weight is 314 g/mol. The summed E-state index contributed by atoms with van der Waals surface area (Å²) in [6, 6.07) is 13.6. The Labute approximate surface area is 135 Å². The Morgan fingerprint density at radius 2 is 1.78 bits per heavy atom. The summed E-state index contributed by atoms with van der Waals surface area (Å²) in [5.41, 5.74) is -0.282. The number of carbonyl (C=O) groups is 2. The van der Waals surface area contributed by atoms with Crippen molar-refractivity contribution in [2.75, 3.05) is 6.54 Å². The van der Waals surface area contributed by atoms with Gasteiger partial charge >= 0.3 is 0 Å². The van der Waals surface area contributed by atoms with Gasteiger partial charge in [0.15, 0.2) is 0 Å². The zero-order valence-corrected chi connectivity index (χ0v) is 13.6. The first-order valence-electron chi connectivity index (χ1n) is 7.53. The van der Waals surface area contributed by atoms with E-state index in [9.17, 15) is 14.7 Å². The lowest BCUT2D eigenvalue weighted by Gasteiger charge is -2.25. The third-order valence-electron chi connectivity index (χ3n) is 3.67. The van der Waals surface area contributed by atoms with Crippen molar-refractivity contribution in [2.45, 2.75) is 32.4 Å². The minimum absolute atomic E-state index is 0.0835. The monoisotopic (exact) mass is 314 g/mol. The highest BCUT2D eigenvalue weighted by molar-refractivity contribution is 5.90. The minimum atomic E-state index is -1.02. The van der Waals surface area contributed by atoms with Crippen LogP contribution < -0.4 is 10.6 Å². The molecule has 2 amide bonds. The molecule has 122 valence electrons. The van der Waals surface area contributed by atoms with E-state index in [2.05, 4.69) is 10.6 Å². The van der Waals surface area contributed by atoms with Gasteiger partial charge in [0.25, 0.3) is 0 Å². The lowest BCUT2D eigenvalue weighted by atomic mass is 10.0. The quantitative estimate of drug-likeness (QED) is 0.789. The normalized spacial score (nSPS) is 12.7. The van der Waals surface area contributed by atoms with Crippen LogP contribution in [0.2, 0.25) is 0 Å². The fourth-order valence-corrected chi connectivity index (χ4v) is 2.44. The molecule has 0 spiro atoms. The van der Waals surface area contributed by atoms with Gasteiger partial charge in [0.2, 0.25) is 11.8 Å². The molecular formula is C18H22N2O3. The summed E-state index contributed by atoms with van der Waals surface area (Å²) in [5, 5.41) is 17.7. The fraction of sp³-hybridized carbons (Fsp3) is 0.333. The van der Waals surface area contributed by atoms with Crippen molar-refractivity contribution in [2.24, 2.45) is 0 Å². The highest BCUT2D eigenvalue weighted by Gasteiger charge is 2.28. The van der Waals surface area contributed by atoms with E-state index in [4.69, 9.17) is 0 Å². The minimum Gasteiger partial charge on any atom is -0.387 e.